The van der Waals surface area contributed by atoms with E-state index in [9.17, 15) is 0 Å². The minimum absolute atomic E-state index is 0. The van der Waals surface area contributed by atoms with Crippen molar-refractivity contribution in [2.45, 2.75) is 95.1 Å². The molecule has 0 heterocycles. The second-order valence-electron chi connectivity index (χ2n) is 5.36. The van der Waals surface area contributed by atoms with Crippen LogP contribution in [-0.2, 0) is 0 Å². The highest BCUT2D eigenvalue weighted by atomic mass is 79.9. The van der Waals surface area contributed by atoms with E-state index < -0.39 is 4.70 Å². The molecule has 0 aliphatic carbocycles. The first-order chi connectivity index (χ1) is 8.56. The van der Waals surface area contributed by atoms with Gasteiger partial charge in [-0.2, -0.15) is 0 Å². The van der Waals surface area contributed by atoms with E-state index in [1.54, 1.807) is 0 Å². The van der Waals surface area contributed by atoms with E-state index >= 15 is 0 Å². The van der Waals surface area contributed by atoms with Gasteiger partial charge in [0.15, 0.2) is 0 Å². The topological polar surface area (TPSA) is 75.5 Å². The first-order valence-corrected chi connectivity index (χ1v) is 8.49. The van der Waals surface area contributed by atoms with Crippen LogP contribution in [0.1, 0.15) is 90.4 Å². The normalized spacial score (nSPS) is 11.4. The summed E-state index contributed by atoms with van der Waals surface area (Å²) in [6, 6.07) is 0. The van der Waals surface area contributed by atoms with Crippen LogP contribution in [0.3, 0.4) is 0 Å². The zero-order valence-corrected chi connectivity index (χ0v) is 14.3. The van der Waals surface area contributed by atoms with Gasteiger partial charge in [0.1, 0.15) is 0 Å². The molecule has 0 radical (unpaired) electrons. The molecule has 0 saturated carbocycles. The van der Waals surface area contributed by atoms with Gasteiger partial charge in [0.2, 0.25) is 4.70 Å². The lowest BCUT2D eigenvalue weighted by Gasteiger charge is -2.12. The summed E-state index contributed by atoms with van der Waals surface area (Å²) >= 11 is 2.82. The van der Waals surface area contributed by atoms with E-state index in [0.29, 0.717) is 6.42 Å². The molecule has 3 nitrogen and oxygen atoms in total. The van der Waals surface area contributed by atoms with Gasteiger partial charge in [-0.1, -0.05) is 77.6 Å². The standard InChI is InChI=1S/C15H31BrO2.H3N/c1-2-3-4-5-6-7-8-9-10-11-12-13-14-15(16,17)18;/h17-18H,2-14H2,1H3;1H3. The maximum absolute atomic E-state index is 9.05. The number of hydrogen-bond donors (Lipinski definition) is 3. The van der Waals surface area contributed by atoms with Crippen molar-refractivity contribution >= 4 is 15.9 Å². The fourth-order valence-electron chi connectivity index (χ4n) is 2.19. The molecule has 0 aromatic carbocycles. The second kappa shape index (κ2) is 14.8. The van der Waals surface area contributed by atoms with E-state index in [2.05, 4.69) is 22.9 Å². The molecule has 0 rings (SSSR count). The van der Waals surface area contributed by atoms with Crippen molar-refractivity contribution in [3.8, 4) is 0 Å². The Morgan fingerprint density at radius 2 is 1.00 bits per heavy atom. The van der Waals surface area contributed by atoms with Crippen molar-refractivity contribution < 1.29 is 10.2 Å². The molecule has 0 fully saturated rings. The maximum Gasteiger partial charge on any atom is 0.221 e. The fraction of sp³-hybridized carbons (Fsp3) is 1.00. The van der Waals surface area contributed by atoms with Gasteiger partial charge in [-0.25, -0.2) is 0 Å². The Bertz CT molecular complexity index is 172. The van der Waals surface area contributed by atoms with Crippen LogP contribution in [0, 0.1) is 0 Å². The second-order valence-corrected chi connectivity index (χ2v) is 6.63. The van der Waals surface area contributed by atoms with Crippen molar-refractivity contribution in [1.82, 2.24) is 6.15 Å². The predicted molar refractivity (Wildman–Crippen MR) is 86.8 cm³/mol. The zero-order chi connectivity index (χ0) is 13.7. The molecule has 0 aliphatic rings. The highest BCUT2D eigenvalue weighted by Crippen LogP contribution is 2.19. The average Bonchev–Trinajstić information content (AvgIpc) is 2.29. The van der Waals surface area contributed by atoms with E-state index in [1.165, 1.54) is 64.2 Å². The summed E-state index contributed by atoms with van der Waals surface area (Å²) in [4.78, 5) is 0. The number of unbranched alkanes of at least 4 members (excludes halogenated alkanes) is 11. The van der Waals surface area contributed by atoms with Crippen LogP contribution < -0.4 is 6.15 Å². The van der Waals surface area contributed by atoms with Crippen molar-refractivity contribution in [2.75, 3.05) is 0 Å². The van der Waals surface area contributed by atoms with Crippen LogP contribution in [0.15, 0.2) is 0 Å². The third-order valence-electron chi connectivity index (χ3n) is 3.35. The van der Waals surface area contributed by atoms with Gasteiger partial charge in [0.25, 0.3) is 0 Å². The monoisotopic (exact) mass is 339 g/mol. The smallest absolute Gasteiger partial charge is 0.221 e. The SMILES string of the molecule is CCCCCCCCCCCCCCC(O)(O)Br.N. The summed E-state index contributed by atoms with van der Waals surface area (Å²) in [6.45, 7) is 2.26. The number of halogens is 1. The van der Waals surface area contributed by atoms with Gasteiger partial charge in [-0.3, -0.25) is 0 Å². The molecule has 0 atom stereocenters. The van der Waals surface area contributed by atoms with Gasteiger partial charge >= 0.3 is 0 Å². The molecule has 0 spiro atoms. The van der Waals surface area contributed by atoms with Crippen molar-refractivity contribution in [3.05, 3.63) is 0 Å². The summed E-state index contributed by atoms with van der Waals surface area (Å²) < 4.78 is -1.65. The lowest BCUT2D eigenvalue weighted by atomic mass is 10.0. The van der Waals surface area contributed by atoms with Crippen molar-refractivity contribution in [1.29, 1.82) is 0 Å². The molecule has 0 amide bonds. The lowest BCUT2D eigenvalue weighted by Crippen LogP contribution is -2.17. The Labute approximate surface area is 127 Å². The Morgan fingerprint density at radius 3 is 1.32 bits per heavy atom. The first kappa shape index (κ1) is 21.7. The minimum Gasteiger partial charge on any atom is -0.357 e. The third-order valence-corrected chi connectivity index (χ3v) is 3.74. The summed E-state index contributed by atoms with van der Waals surface area (Å²) in [5.41, 5.74) is 0. The average molecular weight is 340 g/mol. The molecule has 19 heavy (non-hydrogen) atoms. The molecule has 5 N–H and O–H groups in total. The molecule has 0 bridgehead atoms. The molecular formula is C15H34BrNO2. The maximum atomic E-state index is 9.05. The van der Waals surface area contributed by atoms with Gasteiger partial charge in [0, 0.05) is 6.42 Å². The van der Waals surface area contributed by atoms with Crippen LogP contribution in [0.4, 0.5) is 0 Å². The summed E-state index contributed by atoms with van der Waals surface area (Å²) in [5, 5.41) is 18.1. The molecular weight excluding hydrogens is 306 g/mol. The van der Waals surface area contributed by atoms with E-state index in [4.69, 9.17) is 10.2 Å². The van der Waals surface area contributed by atoms with Crippen molar-refractivity contribution in [3.63, 3.8) is 0 Å². The Hall–Kier alpha value is 0.360. The molecule has 0 unspecified atom stereocenters. The van der Waals surface area contributed by atoms with Gasteiger partial charge in [-0.15, -0.1) is 0 Å². The van der Waals surface area contributed by atoms with Crippen LogP contribution in [-0.4, -0.2) is 14.9 Å². The van der Waals surface area contributed by atoms with Crippen LogP contribution in [0.25, 0.3) is 0 Å². The van der Waals surface area contributed by atoms with E-state index in [0.717, 1.165) is 12.8 Å². The van der Waals surface area contributed by atoms with Crippen molar-refractivity contribution in [2.24, 2.45) is 0 Å². The Morgan fingerprint density at radius 1 is 0.684 bits per heavy atom. The lowest BCUT2D eigenvalue weighted by molar-refractivity contribution is -0.0753. The van der Waals surface area contributed by atoms with Gasteiger partial charge in [0.05, 0.1) is 0 Å². The number of alkyl halides is 1. The van der Waals surface area contributed by atoms with Gasteiger partial charge < -0.3 is 16.4 Å². The molecule has 0 aromatic heterocycles. The van der Waals surface area contributed by atoms with E-state index in [-0.39, 0.29) is 6.15 Å². The fourth-order valence-corrected chi connectivity index (χ4v) is 2.47. The van der Waals surface area contributed by atoms with Gasteiger partial charge in [-0.05, 0) is 22.4 Å². The van der Waals surface area contributed by atoms with E-state index in [1.807, 2.05) is 0 Å². The molecule has 118 valence electrons. The molecule has 4 heteroatoms. The largest absolute Gasteiger partial charge is 0.357 e. The molecule has 0 saturated heterocycles. The van der Waals surface area contributed by atoms with Crippen LogP contribution >= 0.6 is 15.9 Å². The summed E-state index contributed by atoms with van der Waals surface area (Å²) in [7, 11) is 0. The van der Waals surface area contributed by atoms with Crippen LogP contribution in [0.5, 0.6) is 0 Å². The highest BCUT2D eigenvalue weighted by Gasteiger charge is 2.15. The quantitative estimate of drug-likeness (QED) is 0.243. The zero-order valence-electron chi connectivity index (χ0n) is 12.7. The third kappa shape index (κ3) is 20.8. The highest BCUT2D eigenvalue weighted by molar-refractivity contribution is 9.09. The predicted octanol–water partition coefficient (Wildman–Crippen LogP) is 5.27. The first-order valence-electron chi connectivity index (χ1n) is 7.70. The summed E-state index contributed by atoms with van der Waals surface area (Å²) in [5.74, 6) is 0. The molecule has 0 aromatic rings. The Kier molecular flexibility index (Phi) is 16.8. The number of rotatable bonds is 13. The summed E-state index contributed by atoms with van der Waals surface area (Å²) in [6.07, 6.45) is 16.0. The number of aliphatic hydroxyl groups is 2. The Balaban J connectivity index is 0. The molecule has 0 aliphatic heterocycles. The van der Waals surface area contributed by atoms with Crippen LogP contribution in [0.2, 0.25) is 0 Å². The number of hydrogen-bond acceptors (Lipinski definition) is 3. The minimum atomic E-state index is -1.65.